The number of ether oxygens (including phenoxy) is 1. The maximum atomic E-state index is 13.1. The molecule has 1 aromatic heterocycles. The van der Waals surface area contributed by atoms with Gasteiger partial charge in [0.1, 0.15) is 11.9 Å². The number of pyridine rings is 1. The van der Waals surface area contributed by atoms with Gasteiger partial charge < -0.3 is 9.84 Å². The molecule has 0 aliphatic carbocycles. The molecule has 0 saturated carbocycles. The minimum Gasteiger partial charge on any atom is -0.508 e. The molecular weight excluding hydrogens is 388 g/mol. The van der Waals surface area contributed by atoms with Gasteiger partial charge in [-0.2, -0.15) is 0 Å². The van der Waals surface area contributed by atoms with Crippen molar-refractivity contribution < 1.29 is 14.6 Å². The van der Waals surface area contributed by atoms with Crippen molar-refractivity contribution in [3.63, 3.8) is 0 Å². The van der Waals surface area contributed by atoms with E-state index in [0.717, 1.165) is 42.4 Å². The SMILES string of the molecule is C=C[C@H]1CN2CC[C@H]1C[C@@H]2C(OC(=O)c1ccccc1)c1ccnc2ccc(O)cc12. The van der Waals surface area contributed by atoms with Gasteiger partial charge in [-0.05, 0) is 67.6 Å². The Morgan fingerprint density at radius 1 is 1.23 bits per heavy atom. The van der Waals surface area contributed by atoms with E-state index in [2.05, 4.69) is 22.5 Å². The van der Waals surface area contributed by atoms with Crippen LogP contribution in [0.15, 0.2) is 73.4 Å². The molecule has 1 N–H and O–H groups in total. The molecule has 2 aromatic carbocycles. The predicted octanol–water partition coefficient (Wildman–Crippen LogP) is 4.73. The highest BCUT2D eigenvalue weighted by molar-refractivity contribution is 5.90. The van der Waals surface area contributed by atoms with Crippen LogP contribution in [0.4, 0.5) is 0 Å². The van der Waals surface area contributed by atoms with Crippen LogP contribution in [0.5, 0.6) is 5.75 Å². The number of piperidine rings is 3. The van der Waals surface area contributed by atoms with Crippen molar-refractivity contribution >= 4 is 16.9 Å². The summed E-state index contributed by atoms with van der Waals surface area (Å²) < 4.78 is 6.22. The largest absolute Gasteiger partial charge is 0.508 e. The molecule has 0 spiro atoms. The van der Waals surface area contributed by atoms with E-state index in [1.165, 1.54) is 0 Å². The van der Waals surface area contributed by atoms with Crippen molar-refractivity contribution in [2.75, 3.05) is 13.1 Å². The number of benzene rings is 2. The van der Waals surface area contributed by atoms with Gasteiger partial charge >= 0.3 is 5.97 Å². The molecule has 3 aromatic rings. The molecule has 5 atom stereocenters. The summed E-state index contributed by atoms with van der Waals surface area (Å²) in [5, 5.41) is 10.9. The molecule has 3 saturated heterocycles. The van der Waals surface area contributed by atoms with Gasteiger partial charge in [-0.1, -0.05) is 24.3 Å². The van der Waals surface area contributed by atoms with Gasteiger partial charge in [0.05, 0.1) is 17.1 Å². The monoisotopic (exact) mass is 414 g/mol. The van der Waals surface area contributed by atoms with Gasteiger partial charge in [-0.3, -0.25) is 9.88 Å². The van der Waals surface area contributed by atoms with Crippen molar-refractivity contribution in [1.29, 1.82) is 0 Å². The van der Waals surface area contributed by atoms with Crippen LogP contribution in [0.25, 0.3) is 10.9 Å². The summed E-state index contributed by atoms with van der Waals surface area (Å²) in [5.74, 6) is 0.867. The average molecular weight is 415 g/mol. The zero-order chi connectivity index (χ0) is 21.4. The lowest BCUT2D eigenvalue weighted by Gasteiger charge is -2.51. The Morgan fingerprint density at radius 3 is 2.81 bits per heavy atom. The summed E-state index contributed by atoms with van der Waals surface area (Å²) in [6.45, 7) is 5.95. The normalized spacial score (nSPS) is 25.8. The smallest absolute Gasteiger partial charge is 0.338 e. The van der Waals surface area contributed by atoms with Crippen LogP contribution in [0.3, 0.4) is 0 Å². The van der Waals surface area contributed by atoms with E-state index in [0.29, 0.717) is 17.4 Å². The second kappa shape index (κ2) is 8.16. The topological polar surface area (TPSA) is 62.7 Å². The molecule has 5 heteroatoms. The molecule has 2 unspecified atom stereocenters. The molecular formula is C26H26N2O3. The van der Waals surface area contributed by atoms with E-state index in [1.54, 1.807) is 36.5 Å². The van der Waals surface area contributed by atoms with Crippen molar-refractivity contribution in [2.45, 2.75) is 25.0 Å². The summed E-state index contributed by atoms with van der Waals surface area (Å²) >= 11 is 0. The Labute approximate surface area is 182 Å². The number of hydrogen-bond donors (Lipinski definition) is 1. The molecule has 3 aliphatic rings. The first-order chi connectivity index (χ1) is 15.1. The van der Waals surface area contributed by atoms with Crippen LogP contribution < -0.4 is 0 Å². The number of hydrogen-bond acceptors (Lipinski definition) is 5. The molecule has 4 heterocycles. The summed E-state index contributed by atoms with van der Waals surface area (Å²) in [7, 11) is 0. The number of aromatic hydroxyl groups is 1. The van der Waals surface area contributed by atoms with Gasteiger partial charge in [0.25, 0.3) is 0 Å². The summed E-state index contributed by atoms with van der Waals surface area (Å²) in [6, 6.07) is 16.2. The van der Waals surface area contributed by atoms with Crippen molar-refractivity contribution in [2.24, 2.45) is 11.8 Å². The van der Waals surface area contributed by atoms with E-state index in [-0.39, 0.29) is 17.8 Å². The maximum Gasteiger partial charge on any atom is 0.338 e. The summed E-state index contributed by atoms with van der Waals surface area (Å²) in [4.78, 5) is 20.0. The first kappa shape index (κ1) is 19.8. The van der Waals surface area contributed by atoms with Gasteiger partial charge in [0.15, 0.2) is 0 Å². The van der Waals surface area contributed by atoms with E-state index in [1.807, 2.05) is 24.3 Å². The van der Waals surface area contributed by atoms with Crippen LogP contribution in [-0.4, -0.2) is 40.1 Å². The van der Waals surface area contributed by atoms with Gasteiger partial charge in [0.2, 0.25) is 0 Å². The highest BCUT2D eigenvalue weighted by Gasteiger charge is 2.44. The Morgan fingerprint density at radius 2 is 2.06 bits per heavy atom. The van der Waals surface area contributed by atoms with E-state index in [9.17, 15) is 9.90 Å². The lowest BCUT2D eigenvalue weighted by Crippen LogP contribution is -2.55. The number of fused-ring (bicyclic) bond motifs is 4. The van der Waals surface area contributed by atoms with E-state index in [4.69, 9.17) is 4.74 Å². The number of rotatable bonds is 5. The number of esters is 1. The van der Waals surface area contributed by atoms with Crippen molar-refractivity contribution in [3.8, 4) is 5.75 Å². The number of phenolic OH excluding ortho intramolecular Hbond substituents is 1. The Balaban J connectivity index is 1.56. The minimum atomic E-state index is -0.450. The second-order valence-corrected chi connectivity index (χ2v) is 8.54. The standard InChI is InChI=1S/C26H26N2O3/c1-2-17-16-28-13-11-19(17)14-24(28)25(31-26(30)18-6-4-3-5-7-18)21-10-12-27-23-9-8-20(29)15-22(21)23/h2-10,12,15,17,19,24-25,29H,1,11,13-14,16H2/t17-,19-,24+,25?/m0/s1. The number of phenols is 1. The van der Waals surface area contributed by atoms with Crippen molar-refractivity contribution in [1.82, 2.24) is 9.88 Å². The minimum absolute atomic E-state index is 0.0792. The van der Waals surface area contributed by atoms with Gasteiger partial charge in [-0.15, -0.1) is 6.58 Å². The fraction of sp³-hybridized carbons (Fsp3) is 0.308. The highest BCUT2D eigenvalue weighted by Crippen LogP contribution is 2.43. The molecule has 158 valence electrons. The third-order valence-electron chi connectivity index (χ3n) is 6.81. The summed E-state index contributed by atoms with van der Waals surface area (Å²) in [6.07, 6.45) is 5.46. The van der Waals surface area contributed by atoms with E-state index >= 15 is 0 Å². The number of carbonyl (C=O) groups excluding carboxylic acids is 1. The fourth-order valence-corrected chi connectivity index (χ4v) is 5.20. The molecule has 3 aliphatic heterocycles. The Bertz CT molecular complexity index is 1110. The number of nitrogens with zero attached hydrogens (tertiary/aromatic N) is 2. The molecule has 6 rings (SSSR count). The van der Waals surface area contributed by atoms with Crippen LogP contribution in [-0.2, 0) is 4.74 Å². The van der Waals surface area contributed by atoms with Crippen LogP contribution in [0.1, 0.15) is 34.9 Å². The number of carbonyl (C=O) groups is 1. The molecule has 3 fully saturated rings. The molecule has 0 amide bonds. The van der Waals surface area contributed by atoms with Gasteiger partial charge in [-0.25, -0.2) is 4.79 Å². The van der Waals surface area contributed by atoms with Gasteiger partial charge in [0, 0.05) is 23.7 Å². The Kier molecular flexibility index (Phi) is 5.20. The molecule has 5 nitrogen and oxygen atoms in total. The lowest BCUT2D eigenvalue weighted by molar-refractivity contribution is -0.0568. The first-order valence-electron chi connectivity index (χ1n) is 10.8. The third-order valence-corrected chi connectivity index (χ3v) is 6.81. The third kappa shape index (κ3) is 3.70. The second-order valence-electron chi connectivity index (χ2n) is 8.54. The average Bonchev–Trinajstić information content (AvgIpc) is 2.83. The predicted molar refractivity (Wildman–Crippen MR) is 120 cm³/mol. The quantitative estimate of drug-likeness (QED) is 0.483. The van der Waals surface area contributed by atoms with Crippen LogP contribution in [0.2, 0.25) is 0 Å². The zero-order valence-corrected chi connectivity index (χ0v) is 17.4. The Hall–Kier alpha value is -3.18. The number of aromatic nitrogens is 1. The maximum absolute atomic E-state index is 13.1. The molecule has 31 heavy (non-hydrogen) atoms. The molecule has 0 radical (unpaired) electrons. The zero-order valence-electron chi connectivity index (χ0n) is 17.4. The first-order valence-corrected chi connectivity index (χ1v) is 10.8. The molecule has 2 bridgehead atoms. The fourth-order valence-electron chi connectivity index (χ4n) is 5.20. The highest BCUT2D eigenvalue weighted by atomic mass is 16.5. The lowest BCUT2D eigenvalue weighted by atomic mass is 9.73. The van der Waals surface area contributed by atoms with Crippen LogP contribution >= 0.6 is 0 Å². The van der Waals surface area contributed by atoms with Crippen LogP contribution in [0, 0.1) is 11.8 Å². The van der Waals surface area contributed by atoms with E-state index < -0.39 is 6.10 Å². The summed E-state index contributed by atoms with van der Waals surface area (Å²) in [5.41, 5.74) is 2.20. The van der Waals surface area contributed by atoms with Crippen molar-refractivity contribution in [3.05, 3.63) is 84.6 Å².